The van der Waals surface area contributed by atoms with Crippen LogP contribution in [0.1, 0.15) is 5.69 Å². The van der Waals surface area contributed by atoms with Gasteiger partial charge in [-0.1, -0.05) is 0 Å². The van der Waals surface area contributed by atoms with Gasteiger partial charge >= 0.3 is 11.9 Å². The zero-order chi connectivity index (χ0) is 13.9. The molecule has 0 bridgehead atoms. The lowest BCUT2D eigenvalue weighted by atomic mass is 10.3. The molecular weight excluding hydrogens is 259 g/mol. The highest BCUT2D eigenvalue weighted by Gasteiger charge is 2.32. The normalized spacial score (nSPS) is 11.2. The third kappa shape index (κ3) is 3.41. The van der Waals surface area contributed by atoms with Gasteiger partial charge in [0.05, 0.1) is 4.92 Å². The molecule has 1 heterocycles. The number of nitrogens with two attached hydrogens (primary N) is 1. The monoisotopic (exact) mass is 267 g/mol. The number of alkyl halides is 3. The van der Waals surface area contributed by atoms with Gasteiger partial charge in [0.15, 0.2) is 6.61 Å². The Morgan fingerprint density at radius 3 is 2.56 bits per heavy atom. The van der Waals surface area contributed by atoms with Crippen LogP contribution in [-0.2, 0) is 0 Å². The summed E-state index contributed by atoms with van der Waals surface area (Å²) in [6, 6.07) is 0. The molecule has 0 saturated heterocycles. The number of nitrogens with zero attached hydrogens (tertiary/aromatic N) is 3. The summed E-state index contributed by atoms with van der Waals surface area (Å²) in [5, 5.41) is 10.7. The van der Waals surface area contributed by atoms with Gasteiger partial charge in [-0.3, -0.25) is 15.5 Å². The smallest absolute Gasteiger partial charge is 0.422 e. The quantitative estimate of drug-likeness (QED) is 0.473. The van der Waals surface area contributed by atoms with Crippen LogP contribution < -0.4 is 16.0 Å². The first kappa shape index (κ1) is 13.9. The van der Waals surface area contributed by atoms with E-state index in [1.165, 1.54) is 6.92 Å². The molecule has 0 aliphatic rings. The van der Waals surface area contributed by atoms with E-state index < -0.39 is 29.3 Å². The molecular formula is C7H8F3N5O3. The molecule has 0 spiro atoms. The van der Waals surface area contributed by atoms with Crippen molar-refractivity contribution >= 4 is 11.6 Å². The van der Waals surface area contributed by atoms with Crippen molar-refractivity contribution in [3.05, 3.63) is 15.8 Å². The van der Waals surface area contributed by atoms with E-state index in [0.717, 1.165) is 0 Å². The summed E-state index contributed by atoms with van der Waals surface area (Å²) in [6.45, 7) is -0.477. The lowest BCUT2D eigenvalue weighted by Crippen LogP contribution is -2.21. The number of aromatic nitrogens is 2. The predicted molar refractivity (Wildman–Crippen MR) is 52.8 cm³/mol. The molecule has 0 aliphatic carbocycles. The fourth-order valence-electron chi connectivity index (χ4n) is 1.07. The zero-order valence-electron chi connectivity index (χ0n) is 8.98. The standard InChI is InChI=1S/C7H8F3N5O3/c1-3-4(15(16)17)5(13-6(12-3)14-11)18-2-7(8,9)10/h2,11H2,1H3,(H,12,13,14). The second-order valence-electron chi connectivity index (χ2n) is 3.09. The van der Waals surface area contributed by atoms with Crippen molar-refractivity contribution in [2.45, 2.75) is 13.1 Å². The molecule has 0 aliphatic heterocycles. The van der Waals surface area contributed by atoms with Gasteiger partial charge in [0.2, 0.25) is 5.95 Å². The molecule has 1 aromatic rings. The van der Waals surface area contributed by atoms with E-state index in [1.807, 2.05) is 5.43 Å². The number of ether oxygens (including phenoxy) is 1. The van der Waals surface area contributed by atoms with E-state index in [4.69, 9.17) is 5.84 Å². The average molecular weight is 267 g/mol. The Morgan fingerprint density at radius 2 is 2.11 bits per heavy atom. The van der Waals surface area contributed by atoms with Crippen LogP contribution in [-0.4, -0.2) is 27.7 Å². The summed E-state index contributed by atoms with van der Waals surface area (Å²) in [6.07, 6.45) is -4.64. The van der Waals surface area contributed by atoms with Gasteiger partial charge in [-0.25, -0.2) is 10.8 Å². The zero-order valence-corrected chi connectivity index (χ0v) is 8.98. The van der Waals surface area contributed by atoms with E-state index in [9.17, 15) is 23.3 Å². The number of hydrogen-bond donors (Lipinski definition) is 2. The number of rotatable bonds is 4. The van der Waals surface area contributed by atoms with Crippen LogP contribution in [0.25, 0.3) is 0 Å². The minimum Gasteiger partial charge on any atom is -0.463 e. The van der Waals surface area contributed by atoms with E-state index in [2.05, 4.69) is 14.7 Å². The molecule has 3 N–H and O–H groups in total. The van der Waals surface area contributed by atoms with Gasteiger partial charge in [-0.15, -0.1) is 0 Å². The first-order valence-electron chi connectivity index (χ1n) is 4.44. The molecule has 1 aromatic heterocycles. The number of hydrogen-bond acceptors (Lipinski definition) is 7. The lowest BCUT2D eigenvalue weighted by Gasteiger charge is -2.10. The minimum absolute atomic E-state index is 0.167. The van der Waals surface area contributed by atoms with Gasteiger partial charge in [0, 0.05) is 0 Å². The topological polar surface area (TPSA) is 116 Å². The first-order valence-corrected chi connectivity index (χ1v) is 4.44. The number of aryl methyl sites for hydroxylation is 1. The molecule has 0 aromatic carbocycles. The minimum atomic E-state index is -4.64. The third-order valence-electron chi connectivity index (χ3n) is 1.71. The Kier molecular flexibility index (Phi) is 3.86. The highest BCUT2D eigenvalue weighted by atomic mass is 19.4. The Labute approximate surface area is 98.1 Å². The van der Waals surface area contributed by atoms with E-state index >= 15 is 0 Å². The average Bonchev–Trinajstić information content (AvgIpc) is 2.23. The van der Waals surface area contributed by atoms with E-state index in [0.29, 0.717) is 0 Å². The van der Waals surface area contributed by atoms with Crippen LogP contribution in [0.2, 0.25) is 0 Å². The van der Waals surface area contributed by atoms with Gasteiger partial charge in [-0.05, 0) is 6.92 Å². The number of nitrogen functional groups attached to an aromatic ring is 1. The molecule has 8 nitrogen and oxygen atoms in total. The van der Waals surface area contributed by atoms with Crippen molar-refractivity contribution in [1.82, 2.24) is 9.97 Å². The highest BCUT2D eigenvalue weighted by Crippen LogP contribution is 2.29. The van der Waals surface area contributed by atoms with Crippen LogP contribution in [0.15, 0.2) is 0 Å². The summed E-state index contributed by atoms with van der Waals surface area (Å²) >= 11 is 0. The SMILES string of the molecule is Cc1nc(NN)nc(OCC(F)(F)F)c1[N+](=O)[O-]. The van der Waals surface area contributed by atoms with Gasteiger partial charge in [0.1, 0.15) is 5.69 Å². The molecule has 11 heteroatoms. The number of nitro groups is 1. The summed E-state index contributed by atoms with van der Waals surface area (Å²) in [5.74, 6) is 3.90. The molecule has 0 amide bonds. The maximum atomic E-state index is 12.0. The Balaban J connectivity index is 3.13. The van der Waals surface area contributed by atoms with Gasteiger partial charge < -0.3 is 4.74 Å². The fourth-order valence-corrected chi connectivity index (χ4v) is 1.07. The molecule has 1 rings (SSSR count). The Hall–Kier alpha value is -2.17. The van der Waals surface area contributed by atoms with E-state index in [1.54, 1.807) is 0 Å². The largest absolute Gasteiger partial charge is 0.463 e. The molecule has 0 atom stereocenters. The van der Waals surface area contributed by atoms with Crippen LogP contribution in [0.3, 0.4) is 0 Å². The molecule has 0 radical (unpaired) electrons. The van der Waals surface area contributed by atoms with Gasteiger partial charge in [0.25, 0.3) is 5.88 Å². The summed E-state index contributed by atoms with van der Waals surface area (Å²) < 4.78 is 40.2. The second kappa shape index (κ2) is 5.00. The number of anilines is 1. The fraction of sp³-hybridized carbons (Fsp3) is 0.429. The number of hydrazine groups is 1. The maximum absolute atomic E-state index is 12.0. The van der Waals surface area contributed by atoms with Crippen LogP contribution >= 0.6 is 0 Å². The third-order valence-corrected chi connectivity index (χ3v) is 1.71. The predicted octanol–water partition coefficient (Wildman–Crippen LogP) is 0.920. The van der Waals surface area contributed by atoms with Crippen molar-refractivity contribution in [1.29, 1.82) is 0 Å². The van der Waals surface area contributed by atoms with Crippen molar-refractivity contribution in [3.8, 4) is 5.88 Å². The Morgan fingerprint density at radius 1 is 1.50 bits per heavy atom. The van der Waals surface area contributed by atoms with Crippen molar-refractivity contribution in [2.24, 2.45) is 5.84 Å². The summed E-state index contributed by atoms with van der Waals surface area (Å²) in [7, 11) is 0. The molecule has 0 fully saturated rings. The Bertz CT molecular complexity index is 464. The first-order chi connectivity index (χ1) is 8.24. The molecule has 100 valence electrons. The maximum Gasteiger partial charge on any atom is 0.422 e. The van der Waals surface area contributed by atoms with Crippen molar-refractivity contribution in [2.75, 3.05) is 12.0 Å². The van der Waals surface area contributed by atoms with Crippen LogP contribution in [0, 0.1) is 17.0 Å². The number of nitrogens with one attached hydrogen (secondary N) is 1. The summed E-state index contributed by atoms with van der Waals surface area (Å²) in [4.78, 5) is 16.7. The summed E-state index contributed by atoms with van der Waals surface area (Å²) in [5.41, 5.74) is 1.06. The van der Waals surface area contributed by atoms with E-state index in [-0.39, 0.29) is 11.6 Å². The molecule has 0 saturated carbocycles. The lowest BCUT2D eigenvalue weighted by molar-refractivity contribution is -0.387. The number of halogens is 3. The van der Waals surface area contributed by atoms with Crippen LogP contribution in [0.5, 0.6) is 5.88 Å². The molecule has 0 unspecified atom stereocenters. The van der Waals surface area contributed by atoms with Crippen molar-refractivity contribution < 1.29 is 22.8 Å². The molecule has 18 heavy (non-hydrogen) atoms. The van der Waals surface area contributed by atoms with Gasteiger partial charge in [-0.2, -0.15) is 18.2 Å². The van der Waals surface area contributed by atoms with Crippen LogP contribution in [0.4, 0.5) is 24.8 Å². The highest BCUT2D eigenvalue weighted by molar-refractivity contribution is 5.48. The van der Waals surface area contributed by atoms with Crippen molar-refractivity contribution in [3.63, 3.8) is 0 Å². The second-order valence-corrected chi connectivity index (χ2v) is 3.09.